The van der Waals surface area contributed by atoms with Crippen LogP contribution in [0.5, 0.6) is 5.75 Å². The van der Waals surface area contributed by atoms with Gasteiger partial charge in [0, 0.05) is 5.56 Å². The molecule has 0 amide bonds. The molecule has 17 heavy (non-hydrogen) atoms. The van der Waals surface area contributed by atoms with Crippen molar-refractivity contribution in [3.8, 4) is 5.75 Å². The molecule has 6 nitrogen and oxygen atoms in total. The van der Waals surface area contributed by atoms with Crippen LogP contribution in [0.2, 0.25) is 0 Å². The summed E-state index contributed by atoms with van der Waals surface area (Å²) in [6, 6.07) is 7.01. The minimum atomic E-state index is -0.0414. The van der Waals surface area contributed by atoms with Crippen LogP contribution in [0.15, 0.2) is 30.6 Å². The number of aromatic nitrogens is 3. The third-order valence-electron chi connectivity index (χ3n) is 2.22. The van der Waals surface area contributed by atoms with Gasteiger partial charge in [0.05, 0.1) is 13.7 Å². The summed E-state index contributed by atoms with van der Waals surface area (Å²) in [7, 11) is 1.57. The Labute approximate surface area is 98.0 Å². The molecule has 0 aliphatic heterocycles. The molecule has 0 bridgehead atoms. The second-order valence-electron chi connectivity index (χ2n) is 3.34. The van der Waals surface area contributed by atoms with Crippen molar-refractivity contribution in [1.82, 2.24) is 15.2 Å². The van der Waals surface area contributed by atoms with Gasteiger partial charge in [-0.1, -0.05) is 12.1 Å². The Kier molecular flexibility index (Phi) is 3.34. The van der Waals surface area contributed by atoms with Crippen molar-refractivity contribution in [3.05, 3.63) is 36.2 Å². The maximum atomic E-state index is 11.8. The van der Waals surface area contributed by atoms with Gasteiger partial charge in [0.15, 0.2) is 5.78 Å². The van der Waals surface area contributed by atoms with Crippen molar-refractivity contribution < 1.29 is 9.53 Å². The minimum absolute atomic E-state index is 0.0414. The molecule has 0 aliphatic carbocycles. The molecule has 0 radical (unpaired) electrons. The molecule has 88 valence electrons. The van der Waals surface area contributed by atoms with Crippen LogP contribution in [0.3, 0.4) is 0 Å². The van der Waals surface area contributed by atoms with Crippen LogP contribution in [0.4, 0.5) is 5.95 Å². The van der Waals surface area contributed by atoms with Crippen LogP contribution >= 0.6 is 0 Å². The number of methoxy groups -OCH3 is 1. The van der Waals surface area contributed by atoms with E-state index in [4.69, 9.17) is 4.74 Å². The van der Waals surface area contributed by atoms with Crippen molar-refractivity contribution in [3.63, 3.8) is 0 Å². The highest BCUT2D eigenvalue weighted by Gasteiger charge is 2.07. The monoisotopic (exact) mass is 232 g/mol. The number of H-pyrrole nitrogens is 1. The van der Waals surface area contributed by atoms with Gasteiger partial charge >= 0.3 is 0 Å². The largest absolute Gasteiger partial charge is 0.497 e. The fraction of sp³-hybridized carbons (Fsp3) is 0.182. The van der Waals surface area contributed by atoms with Crippen LogP contribution in [0.1, 0.15) is 10.4 Å². The molecule has 0 atom stereocenters. The lowest BCUT2D eigenvalue weighted by atomic mass is 10.1. The van der Waals surface area contributed by atoms with E-state index >= 15 is 0 Å². The number of hydrogen-bond donors (Lipinski definition) is 2. The number of carbonyl (C=O) groups is 1. The number of hydrogen-bond acceptors (Lipinski definition) is 5. The van der Waals surface area contributed by atoms with Crippen LogP contribution < -0.4 is 10.1 Å². The molecular weight excluding hydrogens is 220 g/mol. The number of nitrogens with zero attached hydrogens (tertiary/aromatic N) is 2. The smallest absolute Gasteiger partial charge is 0.218 e. The number of rotatable bonds is 5. The van der Waals surface area contributed by atoms with Crippen molar-refractivity contribution in [2.24, 2.45) is 0 Å². The molecule has 1 heterocycles. The van der Waals surface area contributed by atoms with E-state index in [1.165, 1.54) is 6.33 Å². The average molecular weight is 232 g/mol. The summed E-state index contributed by atoms with van der Waals surface area (Å²) in [5.41, 5.74) is 0.594. The number of anilines is 1. The van der Waals surface area contributed by atoms with Crippen LogP contribution in [-0.4, -0.2) is 34.6 Å². The Balaban J connectivity index is 1.99. The van der Waals surface area contributed by atoms with E-state index in [-0.39, 0.29) is 12.3 Å². The van der Waals surface area contributed by atoms with E-state index in [1.807, 2.05) is 0 Å². The van der Waals surface area contributed by atoms with Gasteiger partial charge in [-0.2, -0.15) is 5.10 Å². The highest BCUT2D eigenvalue weighted by molar-refractivity contribution is 5.99. The maximum absolute atomic E-state index is 11.8. The summed E-state index contributed by atoms with van der Waals surface area (Å²) in [6.07, 6.45) is 1.37. The fourth-order valence-electron chi connectivity index (χ4n) is 1.35. The molecule has 0 saturated carbocycles. The summed E-state index contributed by atoms with van der Waals surface area (Å²) in [5.74, 6) is 1.09. The van der Waals surface area contributed by atoms with E-state index in [1.54, 1.807) is 31.4 Å². The summed E-state index contributed by atoms with van der Waals surface area (Å²) < 4.78 is 5.05. The summed E-state index contributed by atoms with van der Waals surface area (Å²) in [4.78, 5) is 15.7. The zero-order valence-electron chi connectivity index (χ0n) is 9.30. The number of aromatic amines is 1. The van der Waals surface area contributed by atoms with E-state index < -0.39 is 0 Å². The quantitative estimate of drug-likeness (QED) is 0.755. The van der Waals surface area contributed by atoms with Crippen molar-refractivity contribution in [1.29, 1.82) is 0 Å². The highest BCUT2D eigenvalue weighted by atomic mass is 16.5. The first kappa shape index (κ1) is 11.1. The second-order valence-corrected chi connectivity index (χ2v) is 3.34. The molecule has 0 spiro atoms. The van der Waals surface area contributed by atoms with Crippen molar-refractivity contribution in [2.45, 2.75) is 0 Å². The number of ketones is 1. The van der Waals surface area contributed by atoms with Gasteiger partial charge in [-0.25, -0.2) is 10.1 Å². The summed E-state index contributed by atoms with van der Waals surface area (Å²) >= 11 is 0. The number of benzene rings is 1. The lowest BCUT2D eigenvalue weighted by molar-refractivity contribution is 0.101. The summed E-state index contributed by atoms with van der Waals surface area (Å²) in [6.45, 7) is 0.155. The van der Waals surface area contributed by atoms with E-state index in [0.717, 1.165) is 0 Å². The molecule has 2 rings (SSSR count). The topological polar surface area (TPSA) is 79.9 Å². The Morgan fingerprint density at radius 3 is 3.12 bits per heavy atom. The Morgan fingerprint density at radius 1 is 1.53 bits per heavy atom. The average Bonchev–Trinajstić information content (AvgIpc) is 2.89. The first-order valence-electron chi connectivity index (χ1n) is 5.06. The molecule has 0 saturated heterocycles. The molecule has 2 N–H and O–H groups in total. The molecule has 6 heteroatoms. The molecule has 0 fully saturated rings. The van der Waals surface area contributed by atoms with Gasteiger partial charge in [-0.15, -0.1) is 0 Å². The molecule has 0 aliphatic rings. The van der Waals surface area contributed by atoms with Gasteiger partial charge in [0.25, 0.3) is 0 Å². The van der Waals surface area contributed by atoms with Gasteiger partial charge in [0.1, 0.15) is 12.1 Å². The van der Waals surface area contributed by atoms with Gasteiger partial charge in [-0.05, 0) is 12.1 Å². The predicted octanol–water partition coefficient (Wildman–Crippen LogP) is 1.11. The standard InChI is InChI=1S/C11H12N4O2/c1-17-9-4-2-3-8(5-9)10(16)6-12-11-13-7-14-15-11/h2-5,7H,6H2,1H3,(H2,12,13,14,15). The lowest BCUT2D eigenvalue weighted by Crippen LogP contribution is -2.14. The first-order valence-corrected chi connectivity index (χ1v) is 5.06. The highest BCUT2D eigenvalue weighted by Crippen LogP contribution is 2.12. The van der Waals surface area contributed by atoms with E-state index in [0.29, 0.717) is 17.3 Å². The molecule has 0 unspecified atom stereocenters. The van der Waals surface area contributed by atoms with Crippen LogP contribution in [0, 0.1) is 0 Å². The number of Topliss-reactive ketones (excluding diaryl/α,β-unsaturated/α-hetero) is 1. The zero-order valence-corrected chi connectivity index (χ0v) is 9.30. The van der Waals surface area contributed by atoms with E-state index in [9.17, 15) is 4.79 Å². The Hall–Kier alpha value is -2.37. The Bertz CT molecular complexity index is 496. The third kappa shape index (κ3) is 2.81. The first-order chi connectivity index (χ1) is 8.29. The van der Waals surface area contributed by atoms with Crippen molar-refractivity contribution >= 4 is 11.7 Å². The predicted molar refractivity (Wildman–Crippen MR) is 62.2 cm³/mol. The van der Waals surface area contributed by atoms with Gasteiger partial charge < -0.3 is 10.1 Å². The van der Waals surface area contributed by atoms with Gasteiger partial charge in [0.2, 0.25) is 5.95 Å². The summed E-state index contributed by atoms with van der Waals surface area (Å²) in [5, 5.41) is 9.13. The van der Waals surface area contributed by atoms with Crippen LogP contribution in [-0.2, 0) is 0 Å². The van der Waals surface area contributed by atoms with E-state index in [2.05, 4.69) is 20.5 Å². The normalized spacial score (nSPS) is 9.94. The molecule has 2 aromatic rings. The number of ether oxygens (including phenoxy) is 1. The minimum Gasteiger partial charge on any atom is -0.497 e. The fourth-order valence-corrected chi connectivity index (χ4v) is 1.35. The molecule has 1 aromatic heterocycles. The third-order valence-corrected chi connectivity index (χ3v) is 2.22. The van der Waals surface area contributed by atoms with Crippen LogP contribution in [0.25, 0.3) is 0 Å². The number of carbonyl (C=O) groups excluding carboxylic acids is 1. The number of nitrogens with one attached hydrogen (secondary N) is 2. The SMILES string of the molecule is COc1cccc(C(=O)CNc2ncn[nH]2)c1. The Morgan fingerprint density at radius 2 is 2.41 bits per heavy atom. The molecule has 1 aromatic carbocycles. The second kappa shape index (κ2) is 5.11. The maximum Gasteiger partial charge on any atom is 0.218 e. The molecular formula is C11H12N4O2. The van der Waals surface area contributed by atoms with Gasteiger partial charge in [-0.3, -0.25) is 4.79 Å². The zero-order chi connectivity index (χ0) is 12.1. The lowest BCUT2D eigenvalue weighted by Gasteiger charge is -2.04. The van der Waals surface area contributed by atoms with Crippen molar-refractivity contribution in [2.75, 3.05) is 19.0 Å².